The molecule has 1 saturated carbocycles. The number of allylic oxidation sites excluding steroid dienone is 1. The molecule has 0 radical (unpaired) electrons. The van der Waals surface area contributed by atoms with Gasteiger partial charge >= 0.3 is 0 Å². The van der Waals surface area contributed by atoms with Crippen LogP contribution in [0.15, 0.2) is 79.1 Å². The maximum Gasteiger partial charge on any atom is 0.0780 e. The van der Waals surface area contributed by atoms with Gasteiger partial charge in [-0.1, -0.05) is 48.5 Å². The molecule has 0 saturated heterocycles. The SMILES string of the molecule is C1=C(c2ccccn2)SC2CCC(c3cnc4c(ccc5ccccc54)c3)CC12. The van der Waals surface area contributed by atoms with E-state index in [0.717, 1.165) is 11.2 Å². The number of thioether (sulfide) groups is 1. The van der Waals surface area contributed by atoms with E-state index in [1.54, 1.807) is 0 Å². The van der Waals surface area contributed by atoms with Crippen LogP contribution in [-0.4, -0.2) is 15.2 Å². The minimum Gasteiger partial charge on any atom is -0.256 e. The van der Waals surface area contributed by atoms with Crippen LogP contribution in [0.1, 0.15) is 36.4 Å². The first-order valence-electron chi connectivity index (χ1n) is 10.4. The smallest absolute Gasteiger partial charge is 0.0780 e. The molecular weight excluding hydrogens is 372 g/mol. The third kappa shape index (κ3) is 3.05. The van der Waals surface area contributed by atoms with Crippen molar-refractivity contribution < 1.29 is 0 Å². The van der Waals surface area contributed by atoms with Gasteiger partial charge in [0.15, 0.2) is 0 Å². The molecule has 0 N–H and O–H groups in total. The van der Waals surface area contributed by atoms with Crippen LogP contribution in [0, 0.1) is 5.92 Å². The van der Waals surface area contributed by atoms with Gasteiger partial charge in [0.05, 0.1) is 11.2 Å². The van der Waals surface area contributed by atoms with Crippen LogP contribution < -0.4 is 0 Å². The largest absolute Gasteiger partial charge is 0.256 e. The van der Waals surface area contributed by atoms with Gasteiger partial charge in [0, 0.05) is 33.3 Å². The number of rotatable bonds is 2. The van der Waals surface area contributed by atoms with E-state index in [1.807, 2.05) is 24.0 Å². The molecule has 6 rings (SSSR count). The summed E-state index contributed by atoms with van der Waals surface area (Å²) in [5.74, 6) is 1.24. The van der Waals surface area contributed by atoms with Crippen molar-refractivity contribution in [3.05, 3.63) is 90.4 Å². The summed E-state index contributed by atoms with van der Waals surface area (Å²) >= 11 is 2.03. The number of pyridine rings is 2. The Labute approximate surface area is 175 Å². The Hall–Kier alpha value is -2.65. The van der Waals surface area contributed by atoms with Crippen LogP contribution in [0.2, 0.25) is 0 Å². The number of nitrogens with zero attached hydrogens (tertiary/aromatic N) is 2. The molecule has 0 bridgehead atoms. The fraction of sp³-hybridized carbons (Fsp3) is 0.231. The van der Waals surface area contributed by atoms with Crippen LogP contribution in [0.3, 0.4) is 0 Å². The van der Waals surface area contributed by atoms with Gasteiger partial charge in [0.1, 0.15) is 0 Å². The second-order valence-corrected chi connectivity index (χ2v) is 9.48. The molecule has 2 aromatic heterocycles. The van der Waals surface area contributed by atoms with E-state index in [9.17, 15) is 0 Å². The monoisotopic (exact) mass is 394 g/mol. The molecule has 29 heavy (non-hydrogen) atoms. The lowest BCUT2D eigenvalue weighted by Gasteiger charge is -2.31. The maximum absolute atomic E-state index is 4.90. The first-order chi connectivity index (χ1) is 14.3. The summed E-state index contributed by atoms with van der Waals surface area (Å²) in [4.78, 5) is 10.8. The lowest BCUT2D eigenvalue weighted by atomic mass is 9.78. The molecule has 2 nitrogen and oxygen atoms in total. The predicted octanol–water partition coefficient (Wildman–Crippen LogP) is 6.82. The van der Waals surface area contributed by atoms with E-state index in [2.05, 4.69) is 71.9 Å². The summed E-state index contributed by atoms with van der Waals surface area (Å²) in [5, 5.41) is 4.47. The molecule has 4 aromatic rings. The van der Waals surface area contributed by atoms with Crippen LogP contribution in [0.5, 0.6) is 0 Å². The summed E-state index contributed by atoms with van der Waals surface area (Å²) in [7, 11) is 0. The van der Waals surface area contributed by atoms with Crippen molar-refractivity contribution in [2.45, 2.75) is 30.4 Å². The fourth-order valence-corrected chi connectivity index (χ4v) is 6.40. The van der Waals surface area contributed by atoms with E-state index in [0.29, 0.717) is 17.1 Å². The molecule has 3 heterocycles. The molecule has 3 atom stereocenters. The highest BCUT2D eigenvalue weighted by Crippen LogP contribution is 2.51. The highest BCUT2D eigenvalue weighted by molar-refractivity contribution is 8.09. The zero-order valence-corrected chi connectivity index (χ0v) is 17.0. The van der Waals surface area contributed by atoms with Crippen LogP contribution >= 0.6 is 11.8 Å². The quantitative estimate of drug-likeness (QED) is 0.349. The Kier molecular flexibility index (Phi) is 4.16. The van der Waals surface area contributed by atoms with Crippen molar-refractivity contribution in [1.82, 2.24) is 9.97 Å². The summed E-state index contributed by atoms with van der Waals surface area (Å²) in [6.07, 6.45) is 10.2. The standard InChI is InChI=1S/C26H22N2S/c1-2-6-22-17(5-1)8-9-19-14-21(16-28-26(19)22)18-10-11-24-20(13-18)15-25(29-24)23-7-3-4-12-27-23/h1-9,12,14-16,18,20,24H,10-11,13H2. The summed E-state index contributed by atoms with van der Waals surface area (Å²) in [6, 6.07) is 21.6. The first kappa shape index (κ1) is 17.2. The highest BCUT2D eigenvalue weighted by Gasteiger charge is 2.35. The van der Waals surface area contributed by atoms with E-state index in [4.69, 9.17) is 4.98 Å². The highest BCUT2D eigenvalue weighted by atomic mass is 32.2. The van der Waals surface area contributed by atoms with Gasteiger partial charge in [-0.3, -0.25) is 9.97 Å². The molecular formula is C26H22N2S. The zero-order chi connectivity index (χ0) is 19.2. The van der Waals surface area contributed by atoms with Crippen molar-refractivity contribution in [2.75, 3.05) is 0 Å². The summed E-state index contributed by atoms with van der Waals surface area (Å²) < 4.78 is 0. The van der Waals surface area contributed by atoms with Gasteiger partial charge < -0.3 is 0 Å². The zero-order valence-electron chi connectivity index (χ0n) is 16.2. The predicted molar refractivity (Wildman–Crippen MR) is 123 cm³/mol. The number of benzene rings is 2. The van der Waals surface area contributed by atoms with Crippen molar-refractivity contribution in [3.63, 3.8) is 0 Å². The average molecular weight is 395 g/mol. The van der Waals surface area contributed by atoms with E-state index < -0.39 is 0 Å². The Morgan fingerprint density at radius 2 is 1.76 bits per heavy atom. The van der Waals surface area contributed by atoms with Gasteiger partial charge in [0.2, 0.25) is 0 Å². The molecule has 1 aliphatic carbocycles. The maximum atomic E-state index is 4.90. The van der Waals surface area contributed by atoms with Crippen LogP contribution in [0.4, 0.5) is 0 Å². The minimum absolute atomic E-state index is 0.597. The Balaban J connectivity index is 1.30. The second kappa shape index (κ2) is 7.00. The first-order valence-corrected chi connectivity index (χ1v) is 11.3. The molecule has 0 spiro atoms. The third-order valence-corrected chi connectivity index (χ3v) is 7.95. The normalized spacial score (nSPS) is 23.9. The van der Waals surface area contributed by atoms with Crippen LogP contribution in [-0.2, 0) is 0 Å². The third-order valence-electron chi connectivity index (χ3n) is 6.46. The van der Waals surface area contributed by atoms with Crippen molar-refractivity contribution >= 4 is 38.3 Å². The summed E-state index contributed by atoms with van der Waals surface area (Å²) in [6.45, 7) is 0. The molecule has 3 unspecified atom stereocenters. The molecule has 2 aromatic carbocycles. The topological polar surface area (TPSA) is 25.8 Å². The number of fused-ring (bicyclic) bond motifs is 4. The minimum atomic E-state index is 0.597. The molecule has 0 amide bonds. The van der Waals surface area contributed by atoms with Gasteiger partial charge in [0.25, 0.3) is 0 Å². The second-order valence-electron chi connectivity index (χ2n) is 8.20. The van der Waals surface area contributed by atoms with E-state index in [-0.39, 0.29) is 0 Å². The molecule has 2 aliphatic rings. The molecule has 1 aliphatic heterocycles. The Morgan fingerprint density at radius 3 is 2.69 bits per heavy atom. The van der Waals surface area contributed by atoms with Crippen molar-refractivity contribution in [3.8, 4) is 0 Å². The van der Waals surface area contributed by atoms with Crippen LogP contribution in [0.25, 0.3) is 26.6 Å². The number of hydrogen-bond donors (Lipinski definition) is 0. The van der Waals surface area contributed by atoms with E-state index >= 15 is 0 Å². The molecule has 1 fully saturated rings. The number of aromatic nitrogens is 2. The molecule has 142 valence electrons. The fourth-order valence-electron chi connectivity index (χ4n) is 4.96. The van der Waals surface area contributed by atoms with Crippen molar-refractivity contribution in [2.24, 2.45) is 5.92 Å². The van der Waals surface area contributed by atoms with E-state index in [1.165, 1.54) is 45.9 Å². The Morgan fingerprint density at radius 1 is 0.862 bits per heavy atom. The molecule has 3 heteroatoms. The lowest BCUT2D eigenvalue weighted by Crippen LogP contribution is -2.22. The number of hydrogen-bond acceptors (Lipinski definition) is 3. The van der Waals surface area contributed by atoms with Crippen molar-refractivity contribution in [1.29, 1.82) is 0 Å². The summed E-state index contributed by atoms with van der Waals surface area (Å²) in [5.41, 5.74) is 3.65. The van der Waals surface area contributed by atoms with Gasteiger partial charge in [-0.05, 0) is 60.2 Å². The van der Waals surface area contributed by atoms with Gasteiger partial charge in [-0.15, -0.1) is 11.8 Å². The average Bonchev–Trinajstić information content (AvgIpc) is 3.23. The van der Waals surface area contributed by atoms with Gasteiger partial charge in [-0.25, -0.2) is 0 Å². The lowest BCUT2D eigenvalue weighted by molar-refractivity contribution is 0.388. The Bertz CT molecular complexity index is 1230. The van der Waals surface area contributed by atoms with Gasteiger partial charge in [-0.2, -0.15) is 0 Å².